The number of hydrogen-bond donors (Lipinski definition) is 0. The third-order valence-electron chi connectivity index (χ3n) is 5.09. The molecule has 1 aromatic carbocycles. The minimum absolute atomic E-state index is 0.162. The Morgan fingerprint density at radius 3 is 2.53 bits per heavy atom. The number of hydrogen-bond acceptors (Lipinski definition) is 6. The van der Waals surface area contributed by atoms with E-state index in [2.05, 4.69) is 20.3 Å². The zero-order chi connectivity index (χ0) is 25.0. The molecule has 0 saturated carbocycles. The minimum Gasteiger partial charge on any atom is -0.443 e. The first-order valence-corrected chi connectivity index (χ1v) is 12.7. The van der Waals surface area contributed by atoms with Gasteiger partial charge in [0.05, 0.1) is 31.8 Å². The van der Waals surface area contributed by atoms with Crippen molar-refractivity contribution in [3.63, 3.8) is 0 Å². The van der Waals surface area contributed by atoms with E-state index in [4.69, 9.17) is 32.9 Å². The van der Waals surface area contributed by atoms with Crippen LogP contribution >= 0.6 is 34.5 Å². The molecule has 1 amide bonds. The molecule has 0 aliphatic heterocycles. The number of benzene rings is 1. The van der Waals surface area contributed by atoms with E-state index in [1.165, 1.54) is 16.2 Å². The molecule has 1 atom stereocenters. The van der Waals surface area contributed by atoms with E-state index in [9.17, 15) is 4.79 Å². The molecule has 11 heteroatoms. The number of anilines is 1. The molecule has 0 spiro atoms. The van der Waals surface area contributed by atoms with Crippen molar-refractivity contribution in [2.75, 3.05) is 4.90 Å². The van der Waals surface area contributed by atoms with Crippen LogP contribution < -0.4 is 4.90 Å². The van der Waals surface area contributed by atoms with Crippen LogP contribution in [0.1, 0.15) is 58.0 Å². The highest BCUT2D eigenvalue weighted by atomic mass is 35.5. The van der Waals surface area contributed by atoms with E-state index >= 15 is 0 Å². The number of halogens is 2. The van der Waals surface area contributed by atoms with Crippen molar-refractivity contribution in [1.29, 1.82) is 0 Å². The summed E-state index contributed by atoms with van der Waals surface area (Å²) in [5, 5.41) is 4.87. The van der Waals surface area contributed by atoms with E-state index in [0.29, 0.717) is 21.5 Å². The molecule has 0 N–H and O–H groups in total. The van der Waals surface area contributed by atoms with Crippen LogP contribution in [0.5, 0.6) is 0 Å². The fourth-order valence-electron chi connectivity index (χ4n) is 3.52. The number of aromatic nitrogens is 4. The number of rotatable bonds is 4. The largest absolute Gasteiger partial charge is 0.443 e. The van der Waals surface area contributed by atoms with E-state index in [-0.39, 0.29) is 11.1 Å². The van der Waals surface area contributed by atoms with Gasteiger partial charge in [0.15, 0.2) is 5.65 Å². The van der Waals surface area contributed by atoms with Gasteiger partial charge in [0.1, 0.15) is 21.6 Å². The van der Waals surface area contributed by atoms with Crippen LogP contribution in [0.25, 0.3) is 15.9 Å². The van der Waals surface area contributed by atoms with E-state index in [0.717, 1.165) is 15.8 Å². The van der Waals surface area contributed by atoms with Crippen molar-refractivity contribution in [2.24, 2.45) is 0 Å². The van der Waals surface area contributed by atoms with Crippen molar-refractivity contribution in [3.05, 3.63) is 51.2 Å². The van der Waals surface area contributed by atoms with Gasteiger partial charge < -0.3 is 4.74 Å². The lowest BCUT2D eigenvalue weighted by molar-refractivity contribution is 0.0557. The van der Waals surface area contributed by atoms with Gasteiger partial charge in [-0.15, -0.1) is 11.3 Å². The number of thiazole rings is 1. The Morgan fingerprint density at radius 2 is 1.88 bits per heavy atom. The zero-order valence-electron chi connectivity index (χ0n) is 19.7. The van der Waals surface area contributed by atoms with E-state index in [1.807, 2.05) is 53.7 Å². The molecule has 3 aromatic heterocycles. The molecule has 7 nitrogen and oxygen atoms in total. The summed E-state index contributed by atoms with van der Waals surface area (Å²) in [5.41, 5.74) is 1.49. The van der Waals surface area contributed by atoms with Crippen LogP contribution in [0.4, 0.5) is 10.6 Å². The lowest BCUT2D eigenvalue weighted by atomic mass is 10.1. The van der Waals surface area contributed by atoms with Gasteiger partial charge in [0.2, 0.25) is 0 Å². The Balaban J connectivity index is 1.95. The van der Waals surface area contributed by atoms with Gasteiger partial charge >= 0.3 is 6.09 Å². The summed E-state index contributed by atoms with van der Waals surface area (Å²) in [5.74, 6) is 0.557. The second-order valence-corrected chi connectivity index (χ2v) is 12.3. The summed E-state index contributed by atoms with van der Waals surface area (Å²) in [6.45, 7) is 11.4. The molecule has 0 bridgehead atoms. The molecule has 34 heavy (non-hydrogen) atoms. The number of ether oxygens (including phenoxy) is 1. The Labute approximate surface area is 215 Å². The van der Waals surface area contributed by atoms with E-state index in [1.54, 1.807) is 22.8 Å². The molecule has 0 saturated heterocycles. The van der Waals surface area contributed by atoms with Crippen molar-refractivity contribution >= 4 is 72.6 Å². The molecule has 4 rings (SSSR count). The smallest absolute Gasteiger partial charge is 0.416 e. The average Bonchev–Trinajstić information content (AvgIpc) is 3.30. The third kappa shape index (κ3) is 4.66. The van der Waals surface area contributed by atoms with Crippen LogP contribution in [0.15, 0.2) is 30.5 Å². The topological polar surface area (TPSA) is 72.6 Å². The summed E-state index contributed by atoms with van der Waals surface area (Å²) >= 11 is 14.1. The number of carbonyl (C=O) groups excluding carboxylic acids is 1. The van der Waals surface area contributed by atoms with Gasteiger partial charge in [0.25, 0.3) is 0 Å². The van der Waals surface area contributed by atoms with Gasteiger partial charge in [0, 0.05) is 16.7 Å². The molecule has 4 aromatic rings. The second-order valence-electron chi connectivity index (χ2n) is 9.45. The summed E-state index contributed by atoms with van der Waals surface area (Å²) < 4.78 is 8.35. The quantitative estimate of drug-likeness (QED) is 0.220. The first kappa shape index (κ1) is 24.9. The van der Waals surface area contributed by atoms with Gasteiger partial charge in [-0.1, -0.05) is 37.0 Å². The van der Waals surface area contributed by atoms with Crippen LogP contribution in [-0.4, -0.2) is 41.5 Å². The first-order valence-electron chi connectivity index (χ1n) is 10.7. The third-order valence-corrected chi connectivity index (χ3v) is 7.41. The lowest BCUT2D eigenvalue weighted by Crippen LogP contribution is -2.51. The van der Waals surface area contributed by atoms with Gasteiger partial charge in [-0.2, -0.15) is 9.61 Å². The van der Waals surface area contributed by atoms with Crippen molar-refractivity contribution in [1.82, 2.24) is 19.6 Å². The predicted octanol–water partition coefficient (Wildman–Crippen LogP) is 6.55. The van der Waals surface area contributed by atoms with Crippen molar-refractivity contribution in [3.8, 4) is 0 Å². The molecular formula is C23H24Cl2N5O2SSi. The normalized spacial score (nSPS) is 14.1. The zero-order valence-corrected chi connectivity index (χ0v) is 23.0. The Morgan fingerprint density at radius 1 is 1.18 bits per heavy atom. The molecule has 3 radical (unpaired) electrons. The van der Waals surface area contributed by atoms with E-state index < -0.39 is 16.9 Å². The summed E-state index contributed by atoms with van der Waals surface area (Å²) in [6, 6.07) is 7.10. The van der Waals surface area contributed by atoms with Crippen molar-refractivity contribution in [2.45, 2.75) is 58.2 Å². The highest BCUT2D eigenvalue weighted by Crippen LogP contribution is 2.38. The van der Waals surface area contributed by atoms with Crippen molar-refractivity contribution < 1.29 is 9.53 Å². The fraction of sp³-hybridized carbons (Fsp3) is 0.391. The molecular weight excluding hydrogens is 509 g/mol. The molecule has 0 fully saturated rings. The SMILES string of the molecule is CC(C)c1cnn2c(N(C(=O)OC(C)(C)C)C(C)([Si])c3nc4cc(Cl)ccc4s3)cc(Cl)nc12. The van der Waals surface area contributed by atoms with Crippen LogP contribution in [0.2, 0.25) is 10.2 Å². The molecule has 0 aliphatic carbocycles. The van der Waals surface area contributed by atoms with Gasteiger partial charge in [-0.25, -0.2) is 14.8 Å². The van der Waals surface area contributed by atoms with Crippen LogP contribution in [-0.2, 0) is 9.90 Å². The number of fused-ring (bicyclic) bond motifs is 2. The molecule has 1 unspecified atom stereocenters. The summed E-state index contributed by atoms with van der Waals surface area (Å²) in [7, 11) is 3.85. The highest BCUT2D eigenvalue weighted by Gasteiger charge is 2.41. The standard InChI is InChI=1S/C23H24Cl2N5O2SSi/c1-12(2)14-11-26-30-18(10-17(25)28-19(14)30)29(21(31)32-22(3,4)5)23(6,34)20-27-15-9-13(24)7-8-16(15)33-20/h7-12H,1-6H3. The number of nitrogens with zero attached hydrogens (tertiary/aromatic N) is 5. The maximum absolute atomic E-state index is 13.7. The monoisotopic (exact) mass is 532 g/mol. The Kier molecular flexibility index (Phi) is 6.43. The van der Waals surface area contributed by atoms with Crippen LogP contribution in [0, 0.1) is 0 Å². The second kappa shape index (κ2) is 8.78. The number of carbonyl (C=O) groups is 1. The highest BCUT2D eigenvalue weighted by molar-refractivity contribution is 7.19. The summed E-state index contributed by atoms with van der Waals surface area (Å²) in [6.07, 6.45) is 1.15. The maximum atomic E-state index is 13.7. The predicted molar refractivity (Wildman–Crippen MR) is 139 cm³/mol. The lowest BCUT2D eigenvalue weighted by Gasteiger charge is -2.37. The molecule has 0 aliphatic rings. The Hall–Kier alpha value is -2.20. The number of amides is 1. The van der Waals surface area contributed by atoms with Gasteiger partial charge in [-0.3, -0.25) is 4.90 Å². The summed E-state index contributed by atoms with van der Waals surface area (Å²) in [4.78, 5) is 24.4. The van der Waals surface area contributed by atoms with Gasteiger partial charge in [-0.05, 0) is 51.8 Å². The fourth-order valence-corrected chi connectivity index (χ4v) is 5.27. The molecule has 3 heterocycles. The first-order chi connectivity index (χ1) is 15.8. The van der Waals surface area contributed by atoms with Crippen LogP contribution in [0.3, 0.4) is 0 Å². The minimum atomic E-state index is -1.11. The Bertz CT molecular complexity index is 1390. The average molecular weight is 534 g/mol. The molecule has 177 valence electrons. The maximum Gasteiger partial charge on any atom is 0.416 e.